The quantitative estimate of drug-likeness (QED) is 0.480. The zero-order valence-corrected chi connectivity index (χ0v) is 19.7. The van der Waals surface area contributed by atoms with Gasteiger partial charge in [0.25, 0.3) is 0 Å². The predicted molar refractivity (Wildman–Crippen MR) is 129 cm³/mol. The Bertz CT molecular complexity index is 1080. The van der Waals surface area contributed by atoms with Gasteiger partial charge in [0.15, 0.2) is 0 Å². The number of rotatable bonds is 9. The highest BCUT2D eigenvalue weighted by Gasteiger charge is 2.28. The number of piperazine rings is 1. The van der Waals surface area contributed by atoms with Gasteiger partial charge < -0.3 is 9.47 Å². The lowest BCUT2D eigenvalue weighted by Crippen LogP contribution is -2.49. The molecule has 174 valence electrons. The van der Waals surface area contributed by atoms with E-state index in [-0.39, 0.29) is 11.0 Å². The van der Waals surface area contributed by atoms with E-state index < -0.39 is 10.0 Å². The van der Waals surface area contributed by atoms with Crippen LogP contribution in [0.3, 0.4) is 0 Å². The number of nitrogens with zero attached hydrogens (tertiary/aromatic N) is 2. The lowest BCUT2D eigenvalue weighted by Gasteiger charge is -2.34. The summed E-state index contributed by atoms with van der Waals surface area (Å²) in [6.45, 7) is 3.59. The lowest BCUT2D eigenvalue weighted by atomic mass is 10.0. The van der Waals surface area contributed by atoms with Crippen LogP contribution in [0.4, 0.5) is 0 Å². The fourth-order valence-electron chi connectivity index (χ4n) is 4.04. The first kappa shape index (κ1) is 23.4. The summed E-state index contributed by atoms with van der Waals surface area (Å²) in [5.74, 6) is 0.540. The molecule has 1 saturated heterocycles. The molecule has 3 aromatic rings. The summed E-state index contributed by atoms with van der Waals surface area (Å²) in [6.07, 6.45) is -0.123. The third kappa shape index (κ3) is 5.81. The summed E-state index contributed by atoms with van der Waals surface area (Å²) < 4.78 is 39.1. The fraction of sp³-hybridized carbons (Fsp3) is 0.308. The van der Waals surface area contributed by atoms with E-state index in [9.17, 15) is 8.42 Å². The van der Waals surface area contributed by atoms with Gasteiger partial charge in [-0.3, -0.25) is 4.90 Å². The van der Waals surface area contributed by atoms with Crippen molar-refractivity contribution in [3.63, 3.8) is 0 Å². The van der Waals surface area contributed by atoms with Gasteiger partial charge in [0, 0.05) is 38.8 Å². The molecule has 1 fully saturated rings. The monoisotopic (exact) mass is 466 g/mol. The SMILES string of the molecule is COc1cccc(S(=O)(=O)N2CCN(CCOC(c3ccccc3)c3ccccc3)CC2)c1. The summed E-state index contributed by atoms with van der Waals surface area (Å²) in [5.41, 5.74) is 2.25. The van der Waals surface area contributed by atoms with Crippen LogP contribution in [0.25, 0.3) is 0 Å². The molecule has 0 atom stereocenters. The van der Waals surface area contributed by atoms with Crippen LogP contribution in [0.5, 0.6) is 5.75 Å². The smallest absolute Gasteiger partial charge is 0.243 e. The summed E-state index contributed by atoms with van der Waals surface area (Å²) in [5, 5.41) is 0. The van der Waals surface area contributed by atoms with Crippen LogP contribution >= 0.6 is 0 Å². The van der Waals surface area contributed by atoms with Crippen molar-refractivity contribution < 1.29 is 17.9 Å². The second kappa shape index (κ2) is 10.9. The van der Waals surface area contributed by atoms with E-state index in [1.165, 1.54) is 7.11 Å². The van der Waals surface area contributed by atoms with Crippen molar-refractivity contribution in [2.24, 2.45) is 0 Å². The van der Waals surface area contributed by atoms with Crippen molar-refractivity contribution in [2.75, 3.05) is 46.4 Å². The van der Waals surface area contributed by atoms with Crippen LogP contribution in [0.15, 0.2) is 89.8 Å². The van der Waals surface area contributed by atoms with Gasteiger partial charge in [-0.1, -0.05) is 66.7 Å². The third-order valence-corrected chi connectivity index (χ3v) is 7.80. The third-order valence-electron chi connectivity index (χ3n) is 5.91. The molecule has 0 bridgehead atoms. The van der Waals surface area contributed by atoms with Crippen molar-refractivity contribution in [1.82, 2.24) is 9.21 Å². The largest absolute Gasteiger partial charge is 0.497 e. The number of hydrogen-bond acceptors (Lipinski definition) is 5. The van der Waals surface area contributed by atoms with Gasteiger partial charge in [-0.15, -0.1) is 0 Å². The molecule has 7 heteroatoms. The highest BCUT2D eigenvalue weighted by Crippen LogP contribution is 2.26. The Balaban J connectivity index is 1.32. The van der Waals surface area contributed by atoms with Crippen LogP contribution < -0.4 is 4.74 Å². The molecule has 0 aromatic heterocycles. The van der Waals surface area contributed by atoms with Gasteiger partial charge in [-0.05, 0) is 23.3 Å². The van der Waals surface area contributed by atoms with Gasteiger partial charge >= 0.3 is 0 Å². The minimum Gasteiger partial charge on any atom is -0.497 e. The Kier molecular flexibility index (Phi) is 7.77. The topological polar surface area (TPSA) is 59.1 Å². The van der Waals surface area contributed by atoms with E-state index in [0.29, 0.717) is 38.5 Å². The first-order valence-electron chi connectivity index (χ1n) is 11.2. The number of hydrogen-bond donors (Lipinski definition) is 0. The molecular weight excluding hydrogens is 436 g/mol. The molecule has 0 amide bonds. The fourth-order valence-corrected chi connectivity index (χ4v) is 5.50. The van der Waals surface area contributed by atoms with Crippen molar-refractivity contribution in [2.45, 2.75) is 11.0 Å². The molecule has 6 nitrogen and oxygen atoms in total. The van der Waals surface area contributed by atoms with Crippen molar-refractivity contribution >= 4 is 10.0 Å². The lowest BCUT2D eigenvalue weighted by molar-refractivity contribution is 0.0527. The van der Waals surface area contributed by atoms with Gasteiger partial charge in [-0.2, -0.15) is 4.31 Å². The Morgan fingerprint density at radius 3 is 2.00 bits per heavy atom. The first-order chi connectivity index (χ1) is 16.1. The summed E-state index contributed by atoms with van der Waals surface area (Å²) >= 11 is 0. The number of sulfonamides is 1. The maximum Gasteiger partial charge on any atom is 0.243 e. The van der Waals surface area contributed by atoms with Gasteiger partial charge in [0.05, 0.1) is 18.6 Å². The summed E-state index contributed by atoms with van der Waals surface area (Å²) in [6, 6.07) is 27.1. The Morgan fingerprint density at radius 1 is 0.818 bits per heavy atom. The van der Waals surface area contributed by atoms with Gasteiger partial charge in [0.2, 0.25) is 10.0 Å². The average Bonchev–Trinajstić information content (AvgIpc) is 2.88. The maximum atomic E-state index is 13.0. The van der Waals surface area contributed by atoms with E-state index in [2.05, 4.69) is 29.2 Å². The van der Waals surface area contributed by atoms with E-state index in [4.69, 9.17) is 9.47 Å². The van der Waals surface area contributed by atoms with E-state index in [1.54, 1.807) is 28.6 Å². The van der Waals surface area contributed by atoms with Crippen LogP contribution in [0.2, 0.25) is 0 Å². The molecule has 33 heavy (non-hydrogen) atoms. The molecule has 4 rings (SSSR count). The van der Waals surface area contributed by atoms with Gasteiger partial charge in [-0.25, -0.2) is 8.42 Å². The highest BCUT2D eigenvalue weighted by atomic mass is 32.2. The molecule has 0 aliphatic carbocycles. The normalized spacial score (nSPS) is 15.6. The standard InChI is InChI=1S/C26H30N2O4S/c1-31-24-13-8-14-25(21-24)33(29,30)28-17-15-27(16-18-28)19-20-32-26(22-9-4-2-5-10-22)23-11-6-3-7-12-23/h2-14,21,26H,15-20H2,1H3. The van der Waals surface area contributed by atoms with Gasteiger partial charge in [0.1, 0.15) is 11.9 Å². The zero-order valence-electron chi connectivity index (χ0n) is 18.8. The maximum absolute atomic E-state index is 13.0. The average molecular weight is 467 g/mol. The molecule has 1 aliphatic rings. The number of methoxy groups -OCH3 is 1. The number of ether oxygens (including phenoxy) is 2. The highest BCUT2D eigenvalue weighted by molar-refractivity contribution is 7.89. The van der Waals surface area contributed by atoms with Crippen molar-refractivity contribution in [3.05, 3.63) is 96.1 Å². The van der Waals surface area contributed by atoms with Crippen LogP contribution in [-0.4, -0.2) is 64.1 Å². The molecule has 0 spiro atoms. The molecule has 0 saturated carbocycles. The molecule has 0 N–H and O–H groups in total. The predicted octanol–water partition coefficient (Wildman–Crippen LogP) is 3.81. The molecule has 0 radical (unpaired) electrons. The molecule has 1 heterocycles. The minimum absolute atomic E-state index is 0.123. The molecule has 0 unspecified atom stereocenters. The zero-order chi connectivity index (χ0) is 23.1. The molecule has 1 aliphatic heterocycles. The second-order valence-electron chi connectivity index (χ2n) is 8.00. The van der Waals surface area contributed by atoms with Crippen molar-refractivity contribution in [3.8, 4) is 5.75 Å². The first-order valence-corrected chi connectivity index (χ1v) is 12.6. The van der Waals surface area contributed by atoms with Crippen LogP contribution in [0, 0.1) is 0 Å². The van der Waals surface area contributed by atoms with Crippen LogP contribution in [0.1, 0.15) is 17.2 Å². The molecular formula is C26H30N2O4S. The minimum atomic E-state index is -3.53. The Hall–Kier alpha value is -2.71. The van der Waals surface area contributed by atoms with E-state index >= 15 is 0 Å². The summed E-state index contributed by atoms with van der Waals surface area (Å²) in [7, 11) is -1.99. The van der Waals surface area contributed by atoms with E-state index in [0.717, 1.165) is 17.7 Å². The number of benzene rings is 3. The second-order valence-corrected chi connectivity index (χ2v) is 9.93. The van der Waals surface area contributed by atoms with E-state index in [1.807, 2.05) is 36.4 Å². The van der Waals surface area contributed by atoms with Crippen LogP contribution in [-0.2, 0) is 14.8 Å². The van der Waals surface area contributed by atoms with Crippen molar-refractivity contribution in [1.29, 1.82) is 0 Å². The Labute approximate surface area is 196 Å². The summed E-state index contributed by atoms with van der Waals surface area (Å²) in [4.78, 5) is 2.53. The Morgan fingerprint density at radius 2 is 1.42 bits per heavy atom. The molecule has 3 aromatic carbocycles.